The van der Waals surface area contributed by atoms with E-state index in [1.165, 1.54) is 38.8 Å². The predicted octanol–water partition coefficient (Wildman–Crippen LogP) is 3.01. The molecule has 1 aromatic heterocycles. The highest BCUT2D eigenvalue weighted by atomic mass is 16.5. The van der Waals surface area contributed by atoms with Crippen molar-refractivity contribution in [3.63, 3.8) is 0 Å². The molecule has 6 rings (SSSR count). The first-order valence-corrected chi connectivity index (χ1v) is 15.3. The van der Waals surface area contributed by atoms with Gasteiger partial charge in [0.25, 0.3) is 0 Å². The van der Waals surface area contributed by atoms with E-state index in [-0.39, 0.29) is 11.4 Å². The summed E-state index contributed by atoms with van der Waals surface area (Å²) in [7, 11) is 1.78. The average molecular weight is 567 g/mol. The molecule has 1 aromatic carbocycles. The van der Waals surface area contributed by atoms with Gasteiger partial charge in [0.15, 0.2) is 5.82 Å². The highest BCUT2D eigenvalue weighted by Crippen LogP contribution is 2.50. The molecule has 0 unspecified atom stereocenters. The van der Waals surface area contributed by atoms with Gasteiger partial charge in [-0.15, -0.1) is 10.2 Å². The zero-order valence-corrected chi connectivity index (χ0v) is 24.5. The van der Waals surface area contributed by atoms with Gasteiger partial charge in [-0.1, -0.05) is 12.1 Å². The molecule has 0 bridgehead atoms. The Kier molecular flexibility index (Phi) is 8.65. The van der Waals surface area contributed by atoms with E-state index in [2.05, 4.69) is 24.9 Å². The van der Waals surface area contributed by atoms with E-state index in [1.54, 1.807) is 19.2 Å². The maximum atomic E-state index is 10.3. The Bertz CT molecular complexity index is 1160. The molecule has 4 heterocycles. The van der Waals surface area contributed by atoms with Crippen LogP contribution in [-0.2, 0) is 14.2 Å². The van der Waals surface area contributed by atoms with Crippen LogP contribution in [-0.4, -0.2) is 116 Å². The SMILES string of the molecule is COCCN1CCC2(CC1)CC(OCCN1CCOC3(CCN(c4cc(-c5ccccc5O)nnc4N)CC3)C1)C2. The van der Waals surface area contributed by atoms with Gasteiger partial charge in [-0.2, -0.15) is 0 Å². The molecule has 0 atom stereocenters. The Balaban J connectivity index is 0.951. The van der Waals surface area contributed by atoms with Crippen LogP contribution in [0.15, 0.2) is 30.3 Å². The number of hydrogen-bond donors (Lipinski definition) is 2. The van der Waals surface area contributed by atoms with Gasteiger partial charge in [-0.25, -0.2) is 0 Å². The van der Waals surface area contributed by atoms with Crippen LogP contribution in [0.3, 0.4) is 0 Å². The molecule has 2 aromatic rings. The summed E-state index contributed by atoms with van der Waals surface area (Å²) in [6.07, 6.45) is 7.36. The number of rotatable bonds is 9. The third-order valence-corrected chi connectivity index (χ3v) is 9.94. The van der Waals surface area contributed by atoms with Crippen molar-refractivity contribution in [2.24, 2.45) is 5.41 Å². The number of phenols is 1. The molecule has 0 amide bonds. The number of phenolic OH excluding ortho intramolecular Hbond substituents is 1. The number of anilines is 2. The van der Waals surface area contributed by atoms with Crippen LogP contribution in [0.2, 0.25) is 0 Å². The van der Waals surface area contributed by atoms with Crippen LogP contribution in [0.1, 0.15) is 38.5 Å². The maximum absolute atomic E-state index is 10.3. The van der Waals surface area contributed by atoms with E-state index in [4.69, 9.17) is 19.9 Å². The lowest BCUT2D eigenvalue weighted by Gasteiger charge is -2.52. The molecule has 10 heteroatoms. The van der Waals surface area contributed by atoms with Crippen LogP contribution >= 0.6 is 0 Å². The number of likely N-dealkylation sites (tertiary alicyclic amines) is 1. The van der Waals surface area contributed by atoms with E-state index in [9.17, 15) is 5.11 Å². The van der Waals surface area contributed by atoms with Crippen molar-refractivity contribution < 1.29 is 19.3 Å². The van der Waals surface area contributed by atoms with Gasteiger partial charge in [0, 0.05) is 51.9 Å². The van der Waals surface area contributed by atoms with E-state index >= 15 is 0 Å². The van der Waals surface area contributed by atoms with Crippen LogP contribution in [0.5, 0.6) is 5.75 Å². The predicted molar refractivity (Wildman–Crippen MR) is 159 cm³/mol. The molecule has 41 heavy (non-hydrogen) atoms. The number of hydrogen-bond acceptors (Lipinski definition) is 10. The first-order chi connectivity index (χ1) is 20.0. The minimum Gasteiger partial charge on any atom is -0.507 e. The lowest BCUT2D eigenvalue weighted by Crippen LogP contribution is -2.57. The van der Waals surface area contributed by atoms with Crippen molar-refractivity contribution in [2.45, 2.75) is 50.2 Å². The first-order valence-electron chi connectivity index (χ1n) is 15.3. The molecule has 224 valence electrons. The van der Waals surface area contributed by atoms with Gasteiger partial charge in [0.2, 0.25) is 0 Å². The van der Waals surface area contributed by atoms with Crippen LogP contribution < -0.4 is 10.6 Å². The zero-order valence-electron chi connectivity index (χ0n) is 24.5. The smallest absolute Gasteiger partial charge is 0.169 e. The quantitative estimate of drug-likeness (QED) is 0.470. The number of para-hydroxylation sites is 1. The third kappa shape index (κ3) is 6.46. The first kappa shape index (κ1) is 28.6. The summed E-state index contributed by atoms with van der Waals surface area (Å²) < 4.78 is 18.0. The summed E-state index contributed by atoms with van der Waals surface area (Å²) in [5.41, 5.74) is 8.81. The molecule has 2 spiro atoms. The number of ether oxygens (including phenoxy) is 3. The summed E-state index contributed by atoms with van der Waals surface area (Å²) in [4.78, 5) is 7.34. The average Bonchev–Trinajstić information content (AvgIpc) is 2.97. The Morgan fingerprint density at radius 1 is 0.976 bits per heavy atom. The summed E-state index contributed by atoms with van der Waals surface area (Å²) in [6, 6.07) is 9.12. The number of aromatic nitrogens is 2. The summed E-state index contributed by atoms with van der Waals surface area (Å²) in [6.45, 7) is 10.4. The minimum absolute atomic E-state index is 0.123. The fourth-order valence-corrected chi connectivity index (χ4v) is 7.29. The highest BCUT2D eigenvalue weighted by molar-refractivity contribution is 5.74. The minimum atomic E-state index is -0.123. The molecular weight excluding hydrogens is 520 g/mol. The molecule has 4 fully saturated rings. The number of nitrogens with zero attached hydrogens (tertiary/aromatic N) is 5. The van der Waals surface area contributed by atoms with Gasteiger partial charge in [-0.3, -0.25) is 4.90 Å². The molecule has 10 nitrogen and oxygen atoms in total. The second-order valence-corrected chi connectivity index (χ2v) is 12.5. The second-order valence-electron chi connectivity index (χ2n) is 12.5. The van der Waals surface area contributed by atoms with E-state index < -0.39 is 0 Å². The molecule has 1 saturated carbocycles. The van der Waals surface area contributed by atoms with Crippen LogP contribution in [0, 0.1) is 5.41 Å². The van der Waals surface area contributed by atoms with Gasteiger partial charge in [0.05, 0.1) is 42.9 Å². The fourth-order valence-electron chi connectivity index (χ4n) is 7.29. The molecule has 3 N–H and O–H groups in total. The number of nitrogen functional groups attached to an aromatic ring is 1. The Morgan fingerprint density at radius 2 is 1.73 bits per heavy atom. The molecule has 4 aliphatic rings. The number of benzene rings is 1. The van der Waals surface area contributed by atoms with Gasteiger partial charge in [-0.05, 0) is 75.2 Å². The van der Waals surface area contributed by atoms with Crippen molar-refractivity contribution >= 4 is 11.5 Å². The van der Waals surface area contributed by atoms with E-state index in [0.29, 0.717) is 28.6 Å². The lowest BCUT2D eigenvalue weighted by atomic mass is 9.61. The number of morpholine rings is 1. The summed E-state index contributed by atoms with van der Waals surface area (Å²) in [5, 5.41) is 18.7. The normalized spacial score (nSPS) is 23.2. The third-order valence-electron chi connectivity index (χ3n) is 9.94. The van der Waals surface area contributed by atoms with Crippen molar-refractivity contribution in [1.82, 2.24) is 20.0 Å². The summed E-state index contributed by atoms with van der Waals surface area (Å²) in [5.74, 6) is 0.600. The van der Waals surface area contributed by atoms with E-state index in [0.717, 1.165) is 77.6 Å². The van der Waals surface area contributed by atoms with E-state index in [1.807, 2.05) is 18.2 Å². The number of aromatic hydroxyl groups is 1. The molecular formula is C31H46N6O4. The highest BCUT2D eigenvalue weighted by Gasteiger charge is 2.46. The Hall–Kier alpha value is -2.50. The topological polar surface area (TPSA) is 109 Å². The Morgan fingerprint density at radius 3 is 2.49 bits per heavy atom. The number of piperidine rings is 2. The maximum Gasteiger partial charge on any atom is 0.169 e. The Labute approximate surface area is 243 Å². The van der Waals surface area contributed by atoms with Crippen molar-refractivity contribution in [2.75, 3.05) is 89.9 Å². The van der Waals surface area contributed by atoms with Crippen LogP contribution in [0.25, 0.3) is 11.3 Å². The van der Waals surface area contributed by atoms with Crippen molar-refractivity contribution in [3.05, 3.63) is 30.3 Å². The molecule has 3 aliphatic heterocycles. The lowest BCUT2D eigenvalue weighted by molar-refractivity contribution is -0.135. The molecule has 3 saturated heterocycles. The van der Waals surface area contributed by atoms with Crippen molar-refractivity contribution in [3.8, 4) is 17.0 Å². The fraction of sp³-hybridized carbons (Fsp3) is 0.677. The van der Waals surface area contributed by atoms with Gasteiger partial charge < -0.3 is 34.9 Å². The van der Waals surface area contributed by atoms with Crippen LogP contribution in [0.4, 0.5) is 11.5 Å². The van der Waals surface area contributed by atoms with Crippen molar-refractivity contribution in [1.29, 1.82) is 0 Å². The largest absolute Gasteiger partial charge is 0.507 e. The monoisotopic (exact) mass is 566 g/mol. The zero-order chi connectivity index (χ0) is 28.3. The number of nitrogens with two attached hydrogens (primary N) is 1. The molecule has 1 aliphatic carbocycles. The molecule has 0 radical (unpaired) electrons. The number of methoxy groups -OCH3 is 1. The standard InChI is InChI=1S/C31H46N6O4/c1-39-17-14-35-10-6-30(7-11-35)21-24(22-30)40-18-15-36-16-19-41-31(23-36)8-12-37(13-9-31)27-20-26(33-34-29(27)32)25-4-2-3-5-28(25)38/h2-5,20,24,38H,6-19,21-23H2,1H3,(H2,32,34). The van der Waals surface area contributed by atoms with Gasteiger partial charge in [0.1, 0.15) is 5.75 Å². The summed E-state index contributed by atoms with van der Waals surface area (Å²) >= 11 is 0. The second kappa shape index (κ2) is 12.4. The van der Waals surface area contributed by atoms with Gasteiger partial charge >= 0.3 is 0 Å².